The molecule has 0 atom stereocenters. The summed E-state index contributed by atoms with van der Waals surface area (Å²) in [4.78, 5) is 21.7. The molecule has 0 aromatic rings. The number of rotatable bonds is 14. The summed E-state index contributed by atoms with van der Waals surface area (Å²) in [6.07, 6.45) is 23.4. The van der Waals surface area contributed by atoms with Gasteiger partial charge in [0.2, 0.25) is 0 Å². The van der Waals surface area contributed by atoms with Crippen LogP contribution in [-0.2, 0) is 9.59 Å². The Morgan fingerprint density at radius 3 is 2.04 bits per heavy atom. The van der Waals surface area contributed by atoms with Crippen LogP contribution < -0.4 is 0 Å². The molecule has 0 bridgehead atoms. The molecule has 3 heteroatoms. The number of unbranched alkanes of at least 4 members (excludes halogenated alkanes) is 7. The summed E-state index contributed by atoms with van der Waals surface area (Å²) >= 11 is 0. The van der Waals surface area contributed by atoms with Crippen molar-refractivity contribution in [1.29, 1.82) is 0 Å². The minimum absolute atomic E-state index is 0.0488. The van der Waals surface area contributed by atoms with Crippen molar-refractivity contribution in [3.8, 4) is 0 Å². The molecular weight excluding hydrogens is 288 g/mol. The van der Waals surface area contributed by atoms with Crippen LogP contribution in [0.5, 0.6) is 0 Å². The van der Waals surface area contributed by atoms with Crippen molar-refractivity contribution in [2.24, 2.45) is 0 Å². The van der Waals surface area contributed by atoms with Gasteiger partial charge in [0, 0.05) is 12.5 Å². The molecule has 0 spiro atoms. The minimum atomic E-state index is -0.985. The van der Waals surface area contributed by atoms with E-state index in [1.54, 1.807) is 18.2 Å². The minimum Gasteiger partial charge on any atom is -0.478 e. The van der Waals surface area contributed by atoms with E-state index in [9.17, 15) is 9.59 Å². The number of aliphatic carboxylic acids is 1. The molecule has 128 valence electrons. The first-order valence-corrected chi connectivity index (χ1v) is 8.59. The zero-order chi connectivity index (χ0) is 17.2. The normalized spacial score (nSPS) is 12.2. The van der Waals surface area contributed by atoms with Gasteiger partial charge < -0.3 is 5.11 Å². The number of carbonyl (C=O) groups is 2. The first-order valence-electron chi connectivity index (χ1n) is 8.59. The van der Waals surface area contributed by atoms with Crippen molar-refractivity contribution in [1.82, 2.24) is 0 Å². The van der Waals surface area contributed by atoms with E-state index in [1.165, 1.54) is 57.1 Å². The van der Waals surface area contributed by atoms with Crippen molar-refractivity contribution in [2.45, 2.75) is 64.7 Å². The number of hydrogen-bond acceptors (Lipinski definition) is 2. The van der Waals surface area contributed by atoms with Crippen LogP contribution in [0.2, 0.25) is 0 Å². The molecule has 0 aliphatic rings. The fourth-order valence-corrected chi connectivity index (χ4v) is 2.03. The Labute approximate surface area is 140 Å². The fraction of sp³-hybridized carbons (Fsp3) is 0.500. The van der Waals surface area contributed by atoms with Gasteiger partial charge in [0.25, 0.3) is 0 Å². The van der Waals surface area contributed by atoms with Gasteiger partial charge in [0.05, 0.1) is 0 Å². The molecule has 0 saturated carbocycles. The van der Waals surface area contributed by atoms with E-state index in [-0.39, 0.29) is 5.78 Å². The lowest BCUT2D eigenvalue weighted by molar-refractivity contribution is -0.131. The lowest BCUT2D eigenvalue weighted by Crippen LogP contribution is -1.88. The molecule has 0 unspecified atom stereocenters. The van der Waals surface area contributed by atoms with Crippen LogP contribution in [0.1, 0.15) is 64.7 Å². The van der Waals surface area contributed by atoms with Gasteiger partial charge >= 0.3 is 5.97 Å². The predicted molar refractivity (Wildman–Crippen MR) is 96.4 cm³/mol. The fourth-order valence-electron chi connectivity index (χ4n) is 2.03. The largest absolute Gasteiger partial charge is 0.478 e. The van der Waals surface area contributed by atoms with E-state index in [4.69, 9.17) is 5.11 Å². The molecule has 0 aromatic heterocycles. The Kier molecular flexibility index (Phi) is 15.1. The lowest BCUT2D eigenvalue weighted by atomic mass is 10.1. The second-order valence-corrected chi connectivity index (χ2v) is 5.49. The van der Waals surface area contributed by atoms with E-state index in [2.05, 4.69) is 13.0 Å². The maximum absolute atomic E-state index is 11.5. The highest BCUT2D eigenvalue weighted by molar-refractivity contribution is 5.90. The topological polar surface area (TPSA) is 54.4 Å². The summed E-state index contributed by atoms with van der Waals surface area (Å²) in [5, 5.41) is 8.38. The molecule has 0 radical (unpaired) electrons. The second-order valence-electron chi connectivity index (χ2n) is 5.49. The molecular formula is C20H30O3. The molecule has 0 rings (SSSR count). The van der Waals surface area contributed by atoms with Crippen molar-refractivity contribution >= 4 is 11.8 Å². The summed E-state index contributed by atoms with van der Waals surface area (Å²) in [5.74, 6) is -0.937. The van der Waals surface area contributed by atoms with E-state index >= 15 is 0 Å². The molecule has 0 aliphatic carbocycles. The summed E-state index contributed by atoms with van der Waals surface area (Å²) in [6, 6.07) is 0. The Bertz CT molecular complexity index is 428. The first-order chi connectivity index (χ1) is 11.2. The Morgan fingerprint density at radius 2 is 1.39 bits per heavy atom. The molecule has 0 saturated heterocycles. The van der Waals surface area contributed by atoms with Gasteiger partial charge in [0.15, 0.2) is 5.78 Å². The predicted octanol–water partition coefficient (Wildman–Crippen LogP) is 5.40. The van der Waals surface area contributed by atoms with Crippen molar-refractivity contribution in [2.75, 3.05) is 0 Å². The highest BCUT2D eigenvalue weighted by atomic mass is 16.4. The molecule has 0 heterocycles. The summed E-state index contributed by atoms with van der Waals surface area (Å²) < 4.78 is 0. The van der Waals surface area contributed by atoms with Gasteiger partial charge in [-0.1, -0.05) is 81.9 Å². The zero-order valence-corrected chi connectivity index (χ0v) is 14.2. The number of carboxylic acid groups (broad SMARTS) is 1. The Hall–Kier alpha value is -1.90. The summed E-state index contributed by atoms with van der Waals surface area (Å²) in [6.45, 7) is 2.23. The van der Waals surface area contributed by atoms with Crippen molar-refractivity contribution in [3.63, 3.8) is 0 Å². The Morgan fingerprint density at radius 1 is 0.783 bits per heavy atom. The molecule has 0 aromatic carbocycles. The summed E-state index contributed by atoms with van der Waals surface area (Å²) in [7, 11) is 0. The molecule has 0 amide bonds. The molecule has 3 nitrogen and oxygen atoms in total. The van der Waals surface area contributed by atoms with Crippen molar-refractivity contribution < 1.29 is 14.7 Å². The van der Waals surface area contributed by atoms with Gasteiger partial charge in [-0.05, 0) is 18.9 Å². The van der Waals surface area contributed by atoms with E-state index in [1.807, 2.05) is 6.08 Å². The van der Waals surface area contributed by atoms with Crippen LogP contribution in [0.4, 0.5) is 0 Å². The highest BCUT2D eigenvalue weighted by Gasteiger charge is 1.91. The average Bonchev–Trinajstić information content (AvgIpc) is 2.52. The van der Waals surface area contributed by atoms with E-state index < -0.39 is 5.97 Å². The first kappa shape index (κ1) is 21.1. The standard InChI is InChI=1S/C20H30O3/c1-2-3-4-5-6-7-8-9-10-13-16-19(21)17-14-11-12-15-18-20(22)23/h10-15,17-18H,2-9,16H2,1H3,(H,22,23). The number of ketones is 1. The van der Waals surface area contributed by atoms with E-state index in [0.29, 0.717) is 6.42 Å². The lowest BCUT2D eigenvalue weighted by Gasteiger charge is -1.98. The van der Waals surface area contributed by atoms with Gasteiger partial charge in [0.1, 0.15) is 0 Å². The van der Waals surface area contributed by atoms with Crippen LogP contribution in [-0.4, -0.2) is 16.9 Å². The average molecular weight is 318 g/mol. The SMILES string of the molecule is CCCCCCCCCC=CCC(=O)C=CC=CC=CC(=O)O. The molecule has 1 N–H and O–H groups in total. The van der Waals surface area contributed by atoms with Gasteiger partial charge in [-0.2, -0.15) is 0 Å². The second kappa shape index (κ2) is 16.5. The van der Waals surface area contributed by atoms with Gasteiger partial charge in [-0.25, -0.2) is 4.79 Å². The van der Waals surface area contributed by atoms with E-state index in [0.717, 1.165) is 12.5 Å². The van der Waals surface area contributed by atoms with Crippen LogP contribution in [0, 0.1) is 0 Å². The number of carbonyl (C=O) groups excluding carboxylic acids is 1. The van der Waals surface area contributed by atoms with Crippen molar-refractivity contribution in [3.05, 3.63) is 48.6 Å². The smallest absolute Gasteiger partial charge is 0.328 e. The van der Waals surface area contributed by atoms with Crippen LogP contribution in [0.15, 0.2) is 48.6 Å². The number of allylic oxidation sites excluding steroid dienone is 7. The zero-order valence-electron chi connectivity index (χ0n) is 14.2. The third kappa shape index (κ3) is 18.1. The Balaban J connectivity index is 3.59. The summed E-state index contributed by atoms with van der Waals surface area (Å²) in [5.41, 5.74) is 0. The van der Waals surface area contributed by atoms with Crippen LogP contribution in [0.3, 0.4) is 0 Å². The number of hydrogen-bond donors (Lipinski definition) is 1. The highest BCUT2D eigenvalue weighted by Crippen LogP contribution is 2.08. The third-order valence-corrected chi connectivity index (χ3v) is 3.31. The third-order valence-electron chi connectivity index (χ3n) is 3.31. The molecule has 0 aliphatic heterocycles. The number of carboxylic acids is 1. The van der Waals surface area contributed by atoms with Gasteiger partial charge in [-0.3, -0.25) is 4.79 Å². The molecule has 0 fully saturated rings. The quantitative estimate of drug-likeness (QED) is 0.202. The maximum Gasteiger partial charge on any atom is 0.328 e. The van der Waals surface area contributed by atoms with Gasteiger partial charge in [-0.15, -0.1) is 0 Å². The monoisotopic (exact) mass is 318 g/mol. The molecule has 23 heavy (non-hydrogen) atoms. The van der Waals surface area contributed by atoms with Crippen LogP contribution >= 0.6 is 0 Å². The van der Waals surface area contributed by atoms with Crippen LogP contribution in [0.25, 0.3) is 0 Å². The maximum atomic E-state index is 11.5.